The Morgan fingerprint density at radius 1 is 0.950 bits per heavy atom. The van der Waals surface area contributed by atoms with Gasteiger partial charge in [0.2, 0.25) is 0 Å². The average molecular weight is 293 g/mol. The summed E-state index contributed by atoms with van der Waals surface area (Å²) in [5.74, 6) is 0.225. The molecule has 20 heavy (non-hydrogen) atoms. The van der Waals surface area contributed by atoms with Gasteiger partial charge < -0.3 is 5.32 Å². The van der Waals surface area contributed by atoms with Crippen molar-refractivity contribution < 1.29 is 8.42 Å². The van der Waals surface area contributed by atoms with Crippen LogP contribution in [0.25, 0.3) is 0 Å². The van der Waals surface area contributed by atoms with Gasteiger partial charge in [-0.25, -0.2) is 8.42 Å². The minimum atomic E-state index is -3.08. The third kappa shape index (κ3) is 2.91. The van der Waals surface area contributed by atoms with E-state index in [0.29, 0.717) is 10.9 Å². The van der Waals surface area contributed by atoms with Crippen LogP contribution in [0.4, 0.5) is 0 Å². The van der Waals surface area contributed by atoms with Crippen LogP contribution in [0.3, 0.4) is 0 Å². The molecule has 1 N–H and O–H groups in total. The molecule has 0 saturated heterocycles. The predicted molar refractivity (Wildman–Crippen MR) is 80.5 cm³/mol. The van der Waals surface area contributed by atoms with Crippen molar-refractivity contribution in [3.63, 3.8) is 0 Å². The maximum absolute atomic E-state index is 12.2. The summed E-state index contributed by atoms with van der Waals surface area (Å²) in [6, 6.07) is 7.91. The van der Waals surface area contributed by atoms with E-state index in [1.165, 1.54) is 44.9 Å². The zero-order valence-electron chi connectivity index (χ0n) is 11.8. The Labute approximate surface area is 121 Å². The molecule has 0 bridgehead atoms. The highest BCUT2D eigenvalue weighted by atomic mass is 32.2. The fourth-order valence-electron chi connectivity index (χ4n) is 3.50. The highest BCUT2D eigenvalue weighted by Crippen LogP contribution is 2.34. The summed E-state index contributed by atoms with van der Waals surface area (Å²) in [6.45, 7) is 0. The molecule has 1 heterocycles. The van der Waals surface area contributed by atoms with Crippen LogP contribution in [0.5, 0.6) is 0 Å². The van der Waals surface area contributed by atoms with Gasteiger partial charge in [0.25, 0.3) is 0 Å². The standard InChI is InChI=1S/C16H23NO2S/c18-20(19)12-15(14-10-6-7-11-16(14)20)17-13-8-4-2-1-3-5-9-13/h6-7,10-11,13,15,17H,1-5,8-9,12H2. The molecule has 110 valence electrons. The summed E-state index contributed by atoms with van der Waals surface area (Å²) in [7, 11) is -3.08. The zero-order chi connectivity index (χ0) is 14.0. The second kappa shape index (κ2) is 5.86. The number of fused-ring (bicyclic) bond motifs is 1. The second-order valence-electron chi connectivity index (χ2n) is 6.08. The van der Waals surface area contributed by atoms with Crippen LogP contribution < -0.4 is 5.32 Å². The van der Waals surface area contributed by atoms with Crippen molar-refractivity contribution in [3.8, 4) is 0 Å². The number of nitrogens with one attached hydrogen (secondary N) is 1. The van der Waals surface area contributed by atoms with Gasteiger partial charge in [0.05, 0.1) is 10.6 Å². The fraction of sp³-hybridized carbons (Fsp3) is 0.625. The second-order valence-corrected chi connectivity index (χ2v) is 8.08. The maximum Gasteiger partial charge on any atom is 0.180 e. The van der Waals surface area contributed by atoms with Gasteiger partial charge in [0, 0.05) is 12.1 Å². The predicted octanol–water partition coefficient (Wildman–Crippen LogP) is 3.22. The van der Waals surface area contributed by atoms with E-state index in [2.05, 4.69) is 5.32 Å². The van der Waals surface area contributed by atoms with Gasteiger partial charge in [-0.1, -0.05) is 50.3 Å². The third-order valence-corrected chi connectivity index (χ3v) is 6.37. The fourth-order valence-corrected chi connectivity index (χ4v) is 5.25. The quantitative estimate of drug-likeness (QED) is 0.910. The summed E-state index contributed by atoms with van der Waals surface area (Å²) in [5.41, 5.74) is 0.967. The topological polar surface area (TPSA) is 46.2 Å². The maximum atomic E-state index is 12.2. The molecule has 0 spiro atoms. The Kier molecular flexibility index (Phi) is 4.13. The number of sulfone groups is 1. The first kappa shape index (κ1) is 14.1. The lowest BCUT2D eigenvalue weighted by molar-refractivity contribution is 0.364. The van der Waals surface area contributed by atoms with Gasteiger partial charge in [-0.15, -0.1) is 0 Å². The van der Waals surface area contributed by atoms with Crippen molar-refractivity contribution in [2.24, 2.45) is 0 Å². The number of benzene rings is 1. The molecule has 3 nitrogen and oxygen atoms in total. The van der Waals surface area contributed by atoms with Crippen LogP contribution >= 0.6 is 0 Å². The first-order valence-corrected chi connectivity index (χ1v) is 9.40. The van der Waals surface area contributed by atoms with Crippen molar-refractivity contribution in [2.75, 3.05) is 5.75 Å². The molecule has 1 atom stereocenters. The van der Waals surface area contributed by atoms with Crippen LogP contribution in [0.15, 0.2) is 29.2 Å². The minimum Gasteiger partial charge on any atom is -0.306 e. The molecule has 1 aromatic rings. The normalized spacial score (nSPS) is 26.7. The molecule has 1 aromatic carbocycles. The van der Waals surface area contributed by atoms with Crippen LogP contribution in [-0.4, -0.2) is 20.2 Å². The largest absolute Gasteiger partial charge is 0.306 e. The highest BCUT2D eigenvalue weighted by Gasteiger charge is 2.35. The van der Waals surface area contributed by atoms with E-state index < -0.39 is 9.84 Å². The molecular formula is C16H23NO2S. The van der Waals surface area contributed by atoms with E-state index in [1.807, 2.05) is 18.2 Å². The van der Waals surface area contributed by atoms with Gasteiger partial charge in [-0.2, -0.15) is 0 Å². The molecule has 4 heteroatoms. The molecule has 1 fully saturated rings. The summed E-state index contributed by atoms with van der Waals surface area (Å²) in [5, 5.41) is 3.62. The Morgan fingerprint density at radius 2 is 1.60 bits per heavy atom. The van der Waals surface area contributed by atoms with E-state index in [9.17, 15) is 8.42 Å². The van der Waals surface area contributed by atoms with Gasteiger partial charge in [0.15, 0.2) is 9.84 Å². The number of hydrogen-bond acceptors (Lipinski definition) is 3. The molecule has 3 rings (SSSR count). The Balaban J connectivity index is 1.75. The van der Waals surface area contributed by atoms with Gasteiger partial charge >= 0.3 is 0 Å². The van der Waals surface area contributed by atoms with Gasteiger partial charge in [-0.3, -0.25) is 0 Å². The third-order valence-electron chi connectivity index (χ3n) is 4.56. The van der Waals surface area contributed by atoms with Crippen molar-refractivity contribution in [3.05, 3.63) is 29.8 Å². The Hall–Kier alpha value is -0.870. The van der Waals surface area contributed by atoms with Crippen LogP contribution in [0, 0.1) is 0 Å². The molecule has 0 aromatic heterocycles. The summed E-state index contributed by atoms with van der Waals surface area (Å²) >= 11 is 0. The van der Waals surface area contributed by atoms with Gasteiger partial charge in [-0.05, 0) is 24.5 Å². The molecule has 0 amide bonds. The SMILES string of the molecule is O=S1(=O)CC(NC2CCCCCCC2)c2ccccc21. The molecule has 1 unspecified atom stereocenters. The molecule has 2 aliphatic rings. The minimum absolute atomic E-state index is 0.0133. The first-order chi connectivity index (χ1) is 9.67. The van der Waals surface area contributed by atoms with E-state index >= 15 is 0 Å². The first-order valence-electron chi connectivity index (χ1n) is 7.74. The number of hydrogen-bond donors (Lipinski definition) is 1. The number of rotatable bonds is 2. The smallest absolute Gasteiger partial charge is 0.180 e. The van der Waals surface area contributed by atoms with E-state index in [1.54, 1.807) is 6.07 Å². The van der Waals surface area contributed by atoms with E-state index in [4.69, 9.17) is 0 Å². The zero-order valence-corrected chi connectivity index (χ0v) is 12.7. The average Bonchev–Trinajstić information content (AvgIpc) is 2.65. The van der Waals surface area contributed by atoms with Crippen molar-refractivity contribution in [1.29, 1.82) is 0 Å². The Morgan fingerprint density at radius 3 is 2.35 bits per heavy atom. The summed E-state index contributed by atoms with van der Waals surface area (Å²) in [4.78, 5) is 0.531. The molecule has 0 radical (unpaired) electrons. The van der Waals surface area contributed by atoms with Crippen molar-refractivity contribution >= 4 is 9.84 Å². The molecule has 1 aliphatic heterocycles. The van der Waals surface area contributed by atoms with Gasteiger partial charge in [0.1, 0.15) is 0 Å². The van der Waals surface area contributed by atoms with Crippen molar-refractivity contribution in [2.45, 2.75) is 61.9 Å². The molecular weight excluding hydrogens is 270 g/mol. The Bertz CT molecular complexity index is 560. The molecule has 1 aliphatic carbocycles. The lowest BCUT2D eigenvalue weighted by Gasteiger charge is -2.24. The van der Waals surface area contributed by atoms with Crippen LogP contribution in [-0.2, 0) is 9.84 Å². The highest BCUT2D eigenvalue weighted by molar-refractivity contribution is 7.91. The summed E-state index contributed by atoms with van der Waals surface area (Å²) in [6.07, 6.45) is 8.87. The van der Waals surface area contributed by atoms with Crippen LogP contribution in [0.1, 0.15) is 56.6 Å². The van der Waals surface area contributed by atoms with Crippen LogP contribution in [0.2, 0.25) is 0 Å². The monoisotopic (exact) mass is 293 g/mol. The lowest BCUT2D eigenvalue weighted by atomic mass is 9.95. The lowest BCUT2D eigenvalue weighted by Crippen LogP contribution is -2.34. The van der Waals surface area contributed by atoms with E-state index in [0.717, 1.165) is 5.56 Å². The van der Waals surface area contributed by atoms with E-state index in [-0.39, 0.29) is 11.8 Å². The summed E-state index contributed by atoms with van der Waals surface area (Å²) < 4.78 is 24.4. The van der Waals surface area contributed by atoms with Crippen molar-refractivity contribution in [1.82, 2.24) is 5.32 Å². The molecule has 1 saturated carbocycles.